The minimum absolute atomic E-state index is 0.00547. The van der Waals surface area contributed by atoms with Crippen LogP contribution in [0.15, 0.2) is 0 Å². The molecule has 18 N–H and O–H groups in total. The van der Waals surface area contributed by atoms with E-state index in [-0.39, 0.29) is 195 Å². The predicted octanol–water partition coefficient (Wildman–Crippen LogP) is -6.24. The minimum Gasteiger partial charge on any atom is -0.390 e. The zero-order valence-corrected chi connectivity index (χ0v) is 58.9. The number of aliphatic hydroxyl groups is 9. The fourth-order valence-electron chi connectivity index (χ4n) is 8.00. The van der Waals surface area contributed by atoms with Gasteiger partial charge in [0.05, 0.1) is 170 Å². The van der Waals surface area contributed by atoms with Gasteiger partial charge in [-0.3, -0.25) is 28.0 Å². The van der Waals surface area contributed by atoms with Crippen molar-refractivity contribution in [3.8, 4) is 0 Å². The number of carbonyl (C=O) groups excluding carboxylic acids is 3. The van der Waals surface area contributed by atoms with E-state index in [4.69, 9.17) is 100 Å². The van der Waals surface area contributed by atoms with Crippen LogP contribution < -0.4 is 16.0 Å². The molecular formula is C54H110N3O39P3. The van der Waals surface area contributed by atoms with E-state index >= 15 is 0 Å². The normalized spacial score (nSPS) is 16.8. The lowest BCUT2D eigenvalue weighted by Crippen LogP contribution is -2.46. The maximum absolute atomic E-state index is 12.7. The molecule has 0 rings (SSSR count). The molecule has 0 heterocycles. The van der Waals surface area contributed by atoms with Crippen molar-refractivity contribution in [3.05, 3.63) is 0 Å². The smallest absolute Gasteiger partial charge is 0.390 e. The highest BCUT2D eigenvalue weighted by Crippen LogP contribution is 2.37. The molecule has 0 aliphatic heterocycles. The highest BCUT2D eigenvalue weighted by molar-refractivity contribution is 7.46. The zero-order valence-electron chi connectivity index (χ0n) is 56.3. The molecule has 590 valence electrons. The van der Waals surface area contributed by atoms with E-state index in [0.29, 0.717) is 6.42 Å². The summed E-state index contributed by atoms with van der Waals surface area (Å²) in [6.07, 6.45) is -20.8. The predicted molar refractivity (Wildman–Crippen MR) is 335 cm³/mol. The molecule has 0 aromatic carbocycles. The van der Waals surface area contributed by atoms with Crippen molar-refractivity contribution in [1.82, 2.24) is 16.0 Å². The average molecular weight is 1520 g/mol. The number of rotatable bonds is 70. The van der Waals surface area contributed by atoms with Crippen LogP contribution in [0.5, 0.6) is 0 Å². The van der Waals surface area contributed by atoms with Crippen LogP contribution in [0.2, 0.25) is 0 Å². The number of aliphatic hydroxyl groups excluding tert-OH is 9. The van der Waals surface area contributed by atoms with Crippen molar-refractivity contribution in [2.45, 2.75) is 132 Å². The van der Waals surface area contributed by atoms with E-state index in [9.17, 15) is 74.0 Å². The van der Waals surface area contributed by atoms with Crippen LogP contribution in [-0.2, 0) is 113 Å². The molecule has 0 bridgehead atoms. The zero-order chi connectivity index (χ0) is 74.5. The van der Waals surface area contributed by atoms with Gasteiger partial charge in [-0.05, 0) is 25.7 Å². The number of hydrogen-bond acceptors (Lipinski definition) is 33. The maximum Gasteiger partial charge on any atom is 0.469 e. The summed E-state index contributed by atoms with van der Waals surface area (Å²) in [5.41, 5.74) is 0. The second-order valence-corrected chi connectivity index (χ2v) is 25.0. The van der Waals surface area contributed by atoms with Crippen molar-refractivity contribution in [2.75, 3.05) is 193 Å². The van der Waals surface area contributed by atoms with Gasteiger partial charge in [0.15, 0.2) is 18.9 Å². The molecule has 0 saturated carbocycles. The Bertz CT molecular complexity index is 2150. The third-order valence-electron chi connectivity index (χ3n) is 13.3. The van der Waals surface area contributed by atoms with Gasteiger partial charge >= 0.3 is 23.5 Å². The maximum atomic E-state index is 12.7. The molecule has 0 radical (unpaired) electrons. The molecule has 99 heavy (non-hydrogen) atoms. The standard InChI is InChI=1S/C54H110N3O39P3/c1-38(37-89-17-10-44(62)56-13-23-84-26-29-87-32-35-92-53(80-3)50(68)47(65)40(59)6-20-95-98(73,74)75)42(90-18-11-45(63)57-14-24-85-27-30-88-33-36-93-54(81-4)51(69)48(66)41(60)7-21-96-99(76,77)78)8-15-82-16-9-43(61)55-12-22-83-25-28-86-31-34-91-52(79-2)49(67)46(64)39(58)5-19-94-97(70,71)72/h38-42,46-54,58-60,64-69H,5-37H2,1-4H3,(H,55,61)(H,56,62)(H,57,63)(H2,70,71,72)(H2,73,74,75)(H2,76,77,78)/t38?,39?,40?,41?,42?,46?,47?,48-,49?,50?,51?,52?,53?,54?/m1/s1. The second kappa shape index (κ2) is 59.0. The van der Waals surface area contributed by atoms with Gasteiger partial charge in [0.25, 0.3) is 0 Å². The molecule has 42 nitrogen and oxygen atoms in total. The van der Waals surface area contributed by atoms with Crippen molar-refractivity contribution in [2.24, 2.45) is 5.92 Å². The molecule has 0 spiro atoms. The minimum atomic E-state index is -4.79. The molecule has 45 heteroatoms. The topological polar surface area (TPSA) is 608 Å². The first-order chi connectivity index (χ1) is 46.9. The van der Waals surface area contributed by atoms with Gasteiger partial charge < -0.3 is 162 Å². The molecule has 3 amide bonds. The third-order valence-corrected chi connectivity index (χ3v) is 14.9. The van der Waals surface area contributed by atoms with Crippen molar-refractivity contribution in [1.29, 1.82) is 0 Å². The number of hydrogen-bond donors (Lipinski definition) is 18. The number of nitrogens with one attached hydrogen (secondary N) is 3. The Morgan fingerprint density at radius 1 is 0.323 bits per heavy atom. The first-order valence-electron chi connectivity index (χ1n) is 31.6. The van der Waals surface area contributed by atoms with Crippen LogP contribution in [-0.4, -0.2) is 366 Å². The van der Waals surface area contributed by atoms with Crippen molar-refractivity contribution >= 4 is 41.2 Å². The van der Waals surface area contributed by atoms with E-state index in [1.165, 1.54) is 21.3 Å². The Hall–Kier alpha value is -2.22. The number of phosphoric acid groups is 3. The lowest BCUT2D eigenvalue weighted by Gasteiger charge is -2.28. The Morgan fingerprint density at radius 3 is 0.899 bits per heavy atom. The van der Waals surface area contributed by atoms with Gasteiger partial charge in [-0.2, -0.15) is 0 Å². The Kier molecular flexibility index (Phi) is 57.7. The summed E-state index contributed by atoms with van der Waals surface area (Å²) < 4.78 is 127. The van der Waals surface area contributed by atoms with E-state index in [2.05, 4.69) is 29.5 Å². The molecule has 0 aromatic rings. The van der Waals surface area contributed by atoms with Crippen LogP contribution in [0, 0.1) is 5.92 Å². The summed E-state index contributed by atoms with van der Waals surface area (Å²) in [5, 5.41) is 99.8. The van der Waals surface area contributed by atoms with Crippen LogP contribution in [0.1, 0.15) is 51.9 Å². The average Bonchev–Trinajstić information content (AvgIpc) is 0.937. The Labute approximate surface area is 574 Å². The molecule has 14 atom stereocenters. The number of carbonyl (C=O) groups is 3. The molecular weight excluding hydrogens is 1410 g/mol. The number of ether oxygens (including phenoxy) is 15. The van der Waals surface area contributed by atoms with Gasteiger partial charge in [-0.15, -0.1) is 0 Å². The number of phosphoric ester groups is 3. The van der Waals surface area contributed by atoms with Crippen LogP contribution in [0.4, 0.5) is 0 Å². The molecule has 0 aliphatic carbocycles. The van der Waals surface area contributed by atoms with Gasteiger partial charge in [0.2, 0.25) is 17.7 Å². The van der Waals surface area contributed by atoms with Gasteiger partial charge in [-0.25, -0.2) is 13.7 Å². The largest absolute Gasteiger partial charge is 0.469 e. The van der Waals surface area contributed by atoms with Gasteiger partial charge in [0.1, 0.15) is 36.6 Å². The fraction of sp³-hybridized carbons (Fsp3) is 0.944. The van der Waals surface area contributed by atoms with Gasteiger partial charge in [0, 0.05) is 72.8 Å². The first kappa shape index (κ1) is 96.8. The van der Waals surface area contributed by atoms with Crippen molar-refractivity contribution in [3.63, 3.8) is 0 Å². The second-order valence-electron chi connectivity index (χ2n) is 21.2. The summed E-state index contributed by atoms with van der Waals surface area (Å²) in [5.74, 6) is -1.16. The molecule has 13 unspecified atom stereocenters. The SMILES string of the molecule is COC(OCCOCCOCCNC(=O)CCOCCC(OCCC(=O)NCCOCCOCCOC(OC)C(O)[C@H](O)C(O)CCOP(=O)(O)O)C(C)COCCC(=O)NCCOCCOCCOC(OC)C(O)C(O)C(O)CCOP(=O)(O)O)C(O)C(O)C(O)CCOP(=O)(O)O. The Morgan fingerprint density at radius 2 is 0.596 bits per heavy atom. The summed E-state index contributed by atoms with van der Waals surface area (Å²) >= 11 is 0. The van der Waals surface area contributed by atoms with Crippen LogP contribution >= 0.6 is 23.5 Å². The fourth-order valence-corrected chi connectivity index (χ4v) is 9.03. The summed E-state index contributed by atoms with van der Waals surface area (Å²) in [7, 11) is -10.8. The first-order valence-corrected chi connectivity index (χ1v) is 36.2. The third kappa shape index (κ3) is 54.1. The molecule has 0 fully saturated rings. The highest BCUT2D eigenvalue weighted by atomic mass is 31.2. The monoisotopic (exact) mass is 1520 g/mol. The van der Waals surface area contributed by atoms with Crippen molar-refractivity contribution < 1.29 is 188 Å². The molecule has 0 saturated heterocycles. The Balaban J connectivity index is 4.84. The number of amides is 3. The highest BCUT2D eigenvalue weighted by Gasteiger charge is 2.35. The van der Waals surface area contributed by atoms with Crippen LogP contribution in [0.3, 0.4) is 0 Å². The molecule has 0 aromatic heterocycles. The van der Waals surface area contributed by atoms with E-state index in [0.717, 1.165) is 0 Å². The van der Waals surface area contributed by atoms with E-state index < -0.39 is 142 Å². The summed E-state index contributed by atoms with van der Waals surface area (Å²) in [4.78, 5) is 90.2. The molecule has 0 aliphatic rings. The number of methoxy groups -OCH3 is 3. The van der Waals surface area contributed by atoms with E-state index in [1.54, 1.807) is 0 Å². The van der Waals surface area contributed by atoms with Crippen LogP contribution in [0.25, 0.3) is 0 Å². The lowest BCUT2D eigenvalue weighted by molar-refractivity contribution is -0.219. The summed E-state index contributed by atoms with van der Waals surface area (Å²) in [6.45, 7) is 2.34. The lowest BCUT2D eigenvalue weighted by atomic mass is 10.0. The van der Waals surface area contributed by atoms with E-state index in [1.807, 2.05) is 6.92 Å². The van der Waals surface area contributed by atoms with Gasteiger partial charge in [-0.1, -0.05) is 6.92 Å². The summed E-state index contributed by atoms with van der Waals surface area (Å²) in [6, 6.07) is 0. The quantitative estimate of drug-likeness (QED) is 0.0153.